The predicted octanol–water partition coefficient (Wildman–Crippen LogP) is 0.594. The highest BCUT2D eigenvalue weighted by Crippen LogP contribution is 2.09. The third-order valence-corrected chi connectivity index (χ3v) is 1.21. The fraction of sp³-hybridized carbons (Fsp3) is 0.625. The van der Waals surface area contributed by atoms with E-state index in [1.165, 1.54) is 0 Å². The van der Waals surface area contributed by atoms with E-state index in [0.717, 1.165) is 6.42 Å². The summed E-state index contributed by atoms with van der Waals surface area (Å²) in [4.78, 5) is 10.1. The number of amides is 1. The third kappa shape index (κ3) is 5.57. The number of nitrogens with two attached hydrogens (primary N) is 1. The Balaban J connectivity index is 3.99. The molecule has 3 N–H and O–H groups in total. The van der Waals surface area contributed by atoms with Crippen molar-refractivity contribution in [1.82, 2.24) is 0 Å². The van der Waals surface area contributed by atoms with Gasteiger partial charge < -0.3 is 15.6 Å². The summed E-state index contributed by atoms with van der Waals surface area (Å²) in [5, 5.41) is 9.42. The molecule has 0 aromatic heterocycles. The summed E-state index contributed by atoms with van der Waals surface area (Å²) in [6.45, 7) is 3.47. The van der Waals surface area contributed by atoms with E-state index >= 15 is 0 Å². The molecule has 0 radical (unpaired) electrons. The molecular formula is C8H13NO3. The molecule has 0 saturated heterocycles. The first-order valence-corrected chi connectivity index (χ1v) is 3.69. The van der Waals surface area contributed by atoms with E-state index in [1.54, 1.807) is 6.92 Å². The molecule has 0 aliphatic rings. The summed E-state index contributed by atoms with van der Waals surface area (Å²) in [7, 11) is 0. The van der Waals surface area contributed by atoms with Crippen LogP contribution in [0.25, 0.3) is 0 Å². The highest BCUT2D eigenvalue weighted by molar-refractivity contribution is 5.65. The smallest absolute Gasteiger partial charge is 0.378 e. The fourth-order valence-electron chi connectivity index (χ4n) is 0.735. The van der Waals surface area contributed by atoms with Crippen molar-refractivity contribution in [3.63, 3.8) is 0 Å². The quantitative estimate of drug-likeness (QED) is 0.597. The van der Waals surface area contributed by atoms with Crippen LogP contribution in [0.4, 0.5) is 4.79 Å². The lowest BCUT2D eigenvalue weighted by Gasteiger charge is -2.13. The Kier molecular flexibility index (Phi) is 4.16. The van der Waals surface area contributed by atoms with Gasteiger partial charge in [0, 0.05) is 0 Å². The first kappa shape index (κ1) is 10.8. The summed E-state index contributed by atoms with van der Waals surface area (Å²) in [6, 6.07) is 0. The van der Waals surface area contributed by atoms with Gasteiger partial charge in [0.2, 0.25) is 0 Å². The molecule has 4 heteroatoms. The number of hydrogen-bond donors (Lipinski definition) is 2. The van der Waals surface area contributed by atoms with Crippen LogP contribution in [-0.4, -0.2) is 16.8 Å². The normalized spacial score (nSPS) is 13.9. The maximum atomic E-state index is 10.1. The lowest BCUT2D eigenvalue weighted by Crippen LogP contribution is -2.21. The average Bonchev–Trinajstić information content (AvgIpc) is 1.85. The number of carbonyl (C=O) groups excluding carboxylic acids is 1. The minimum Gasteiger partial charge on any atom is -0.378 e. The predicted molar refractivity (Wildman–Crippen MR) is 44.0 cm³/mol. The van der Waals surface area contributed by atoms with Crippen molar-refractivity contribution in [2.24, 2.45) is 5.73 Å². The van der Waals surface area contributed by atoms with Crippen molar-refractivity contribution in [3.05, 3.63) is 0 Å². The number of rotatable bonds is 2. The molecule has 0 spiro atoms. The molecule has 0 aromatic rings. The summed E-state index contributed by atoms with van der Waals surface area (Å²) >= 11 is 0. The second-order valence-corrected chi connectivity index (χ2v) is 2.67. The lowest BCUT2D eigenvalue weighted by atomic mass is 10.0. The van der Waals surface area contributed by atoms with Crippen LogP contribution in [0.5, 0.6) is 0 Å². The highest BCUT2D eigenvalue weighted by Gasteiger charge is 2.14. The zero-order valence-corrected chi connectivity index (χ0v) is 7.26. The standard InChI is InChI=1S/C8H13NO3/c1-3-4-8(2,11)5-6-12-7(9)10/h11H,3-4H2,1-2H3,(H2,9,10). The van der Waals surface area contributed by atoms with Gasteiger partial charge in [0.1, 0.15) is 11.7 Å². The Bertz CT molecular complexity index is 212. The van der Waals surface area contributed by atoms with E-state index < -0.39 is 11.7 Å². The van der Waals surface area contributed by atoms with E-state index in [1.807, 2.05) is 13.0 Å². The molecule has 4 nitrogen and oxygen atoms in total. The molecule has 0 aromatic carbocycles. The number of primary amides is 1. The molecule has 68 valence electrons. The molecule has 0 fully saturated rings. The molecule has 12 heavy (non-hydrogen) atoms. The van der Waals surface area contributed by atoms with Gasteiger partial charge in [-0.05, 0) is 19.3 Å². The largest absolute Gasteiger partial charge is 0.418 e. The van der Waals surface area contributed by atoms with Crippen LogP contribution >= 0.6 is 0 Å². The van der Waals surface area contributed by atoms with E-state index in [9.17, 15) is 9.90 Å². The maximum Gasteiger partial charge on any atom is 0.418 e. The Labute approximate surface area is 71.7 Å². The van der Waals surface area contributed by atoms with Crippen molar-refractivity contribution in [2.45, 2.75) is 32.3 Å². The Morgan fingerprint density at radius 3 is 2.75 bits per heavy atom. The van der Waals surface area contributed by atoms with Gasteiger partial charge in [-0.15, -0.1) is 0 Å². The van der Waals surface area contributed by atoms with Crippen LogP contribution in [0.1, 0.15) is 26.7 Å². The van der Waals surface area contributed by atoms with Gasteiger partial charge in [0.25, 0.3) is 0 Å². The van der Waals surface area contributed by atoms with Crippen molar-refractivity contribution >= 4 is 6.09 Å². The van der Waals surface area contributed by atoms with Gasteiger partial charge in [0.15, 0.2) is 0 Å². The summed E-state index contributed by atoms with van der Waals surface area (Å²) in [5.74, 6) is 2.37. The Hall–Kier alpha value is -1.21. The monoisotopic (exact) mass is 171 g/mol. The van der Waals surface area contributed by atoms with Gasteiger partial charge >= 0.3 is 6.09 Å². The van der Waals surface area contributed by atoms with Gasteiger partial charge in [-0.1, -0.05) is 13.3 Å². The zero-order valence-electron chi connectivity index (χ0n) is 7.26. The van der Waals surface area contributed by atoms with Crippen LogP contribution in [0, 0.1) is 12.0 Å². The molecule has 0 aliphatic carbocycles. The first-order valence-electron chi connectivity index (χ1n) is 3.69. The summed E-state index contributed by atoms with van der Waals surface area (Å²) in [6.07, 6.45) is 2.41. The minimum atomic E-state index is -1.11. The van der Waals surface area contributed by atoms with Crippen molar-refractivity contribution in [2.75, 3.05) is 0 Å². The number of ether oxygens (including phenoxy) is 1. The number of aliphatic hydroxyl groups is 1. The van der Waals surface area contributed by atoms with Gasteiger partial charge in [-0.2, -0.15) is 0 Å². The lowest BCUT2D eigenvalue weighted by molar-refractivity contribution is 0.110. The summed E-state index contributed by atoms with van der Waals surface area (Å²) in [5.41, 5.74) is 3.54. The maximum absolute atomic E-state index is 10.1. The van der Waals surface area contributed by atoms with Crippen LogP contribution in [0.3, 0.4) is 0 Å². The molecule has 0 bridgehead atoms. The van der Waals surface area contributed by atoms with E-state index in [-0.39, 0.29) is 0 Å². The second kappa shape index (κ2) is 4.62. The molecular weight excluding hydrogens is 158 g/mol. The van der Waals surface area contributed by atoms with E-state index in [0.29, 0.717) is 6.42 Å². The molecule has 1 amide bonds. The second-order valence-electron chi connectivity index (χ2n) is 2.67. The van der Waals surface area contributed by atoms with Crippen molar-refractivity contribution in [1.29, 1.82) is 0 Å². The SMILES string of the molecule is CCCC(C)(O)C#COC(N)=O. The zero-order chi connectivity index (χ0) is 9.61. The number of carbonyl (C=O) groups is 1. The van der Waals surface area contributed by atoms with Gasteiger partial charge in [-0.3, -0.25) is 0 Å². The average molecular weight is 171 g/mol. The molecule has 0 heterocycles. The van der Waals surface area contributed by atoms with Crippen molar-refractivity contribution < 1.29 is 14.6 Å². The minimum absolute atomic E-state index is 0.530. The van der Waals surface area contributed by atoms with E-state index in [4.69, 9.17) is 0 Å². The van der Waals surface area contributed by atoms with Gasteiger partial charge in [0.05, 0.1) is 0 Å². The summed E-state index contributed by atoms with van der Waals surface area (Å²) < 4.78 is 4.14. The molecule has 1 atom stereocenters. The Morgan fingerprint density at radius 2 is 2.33 bits per heavy atom. The number of hydrogen-bond acceptors (Lipinski definition) is 3. The van der Waals surface area contributed by atoms with E-state index in [2.05, 4.69) is 16.4 Å². The Morgan fingerprint density at radius 1 is 1.75 bits per heavy atom. The van der Waals surface area contributed by atoms with Gasteiger partial charge in [-0.25, -0.2) is 4.79 Å². The first-order chi connectivity index (χ1) is 5.48. The topological polar surface area (TPSA) is 72.6 Å². The fourth-order valence-corrected chi connectivity index (χ4v) is 0.735. The van der Waals surface area contributed by atoms with Crippen molar-refractivity contribution in [3.8, 4) is 12.0 Å². The molecule has 0 rings (SSSR count). The molecule has 0 aliphatic heterocycles. The molecule has 1 unspecified atom stereocenters. The molecule has 0 saturated carbocycles. The highest BCUT2D eigenvalue weighted by atomic mass is 16.5. The van der Waals surface area contributed by atoms with Crippen LogP contribution in [-0.2, 0) is 4.74 Å². The van der Waals surface area contributed by atoms with Crippen LogP contribution < -0.4 is 5.73 Å². The van der Waals surface area contributed by atoms with Crippen LogP contribution in [0.2, 0.25) is 0 Å². The van der Waals surface area contributed by atoms with Crippen LogP contribution in [0.15, 0.2) is 0 Å². The third-order valence-electron chi connectivity index (χ3n) is 1.21.